The zero-order valence-electron chi connectivity index (χ0n) is 9.50. The molecule has 0 atom stereocenters. The van der Waals surface area contributed by atoms with E-state index in [4.69, 9.17) is 5.11 Å². The third kappa shape index (κ3) is 5.44. The van der Waals surface area contributed by atoms with E-state index in [1.807, 2.05) is 4.72 Å². The molecule has 0 aliphatic carbocycles. The maximum Gasteiger partial charge on any atom is 0.303 e. The van der Waals surface area contributed by atoms with Gasteiger partial charge >= 0.3 is 5.97 Å². The molecule has 0 fully saturated rings. The van der Waals surface area contributed by atoms with Crippen molar-refractivity contribution in [3.8, 4) is 0 Å². The van der Waals surface area contributed by atoms with Crippen LogP contribution in [-0.4, -0.2) is 25.4 Å². The third-order valence-corrected chi connectivity index (χ3v) is 3.29. The van der Waals surface area contributed by atoms with Gasteiger partial charge in [0, 0.05) is 6.42 Å². The predicted molar refractivity (Wildman–Crippen MR) is 64.1 cm³/mol. The van der Waals surface area contributed by atoms with Gasteiger partial charge in [-0.2, -0.15) is 0 Å². The summed E-state index contributed by atoms with van der Waals surface area (Å²) in [5.41, 5.74) is 0.552. The van der Waals surface area contributed by atoms with Crippen molar-refractivity contribution < 1.29 is 23.1 Å². The predicted octanol–water partition coefficient (Wildman–Crippen LogP) is 0.497. The Morgan fingerprint density at radius 2 is 1.72 bits per heavy atom. The monoisotopic (exact) mass is 271 g/mol. The molecular formula is C11H13NO5S. The van der Waals surface area contributed by atoms with E-state index in [0.29, 0.717) is 5.56 Å². The van der Waals surface area contributed by atoms with E-state index in [0.717, 1.165) is 0 Å². The summed E-state index contributed by atoms with van der Waals surface area (Å²) in [5, 5.41) is 8.37. The van der Waals surface area contributed by atoms with Gasteiger partial charge < -0.3 is 5.11 Å². The third-order valence-electron chi connectivity index (χ3n) is 2.03. The number of benzene rings is 1. The van der Waals surface area contributed by atoms with E-state index in [-0.39, 0.29) is 12.2 Å². The number of carboxylic acid groups (broad SMARTS) is 1. The van der Waals surface area contributed by atoms with Gasteiger partial charge in [-0.05, 0) is 5.56 Å². The fourth-order valence-corrected chi connectivity index (χ4v) is 2.43. The maximum absolute atomic E-state index is 11.6. The smallest absolute Gasteiger partial charge is 0.303 e. The molecule has 98 valence electrons. The number of hydrogen-bond acceptors (Lipinski definition) is 4. The highest BCUT2D eigenvalue weighted by Crippen LogP contribution is 2.04. The minimum Gasteiger partial charge on any atom is -0.481 e. The Morgan fingerprint density at radius 3 is 2.28 bits per heavy atom. The van der Waals surface area contributed by atoms with Crippen molar-refractivity contribution in [1.29, 1.82) is 0 Å². The van der Waals surface area contributed by atoms with Crippen LogP contribution in [0.15, 0.2) is 30.3 Å². The zero-order chi connectivity index (χ0) is 13.6. The van der Waals surface area contributed by atoms with Crippen molar-refractivity contribution >= 4 is 21.9 Å². The van der Waals surface area contributed by atoms with Crippen molar-refractivity contribution in [2.24, 2.45) is 0 Å². The molecule has 0 saturated heterocycles. The number of carboxylic acids is 1. The summed E-state index contributed by atoms with van der Waals surface area (Å²) in [6.45, 7) is 0. The normalized spacial score (nSPS) is 10.9. The van der Waals surface area contributed by atoms with Crippen LogP contribution in [0.25, 0.3) is 0 Å². The number of rotatable bonds is 6. The van der Waals surface area contributed by atoms with Gasteiger partial charge in [0.05, 0.1) is 12.2 Å². The first-order chi connectivity index (χ1) is 8.39. The van der Waals surface area contributed by atoms with E-state index in [2.05, 4.69) is 0 Å². The standard InChI is InChI=1S/C11H13NO5S/c13-10(6-7-11(14)15)12-18(16,17)8-9-4-2-1-3-5-9/h1-5H,6-8H2,(H,12,13)(H,14,15). The number of nitrogens with one attached hydrogen (secondary N) is 1. The Hall–Kier alpha value is -1.89. The van der Waals surface area contributed by atoms with Crippen molar-refractivity contribution in [3.05, 3.63) is 35.9 Å². The molecule has 0 aromatic heterocycles. The second-order valence-electron chi connectivity index (χ2n) is 3.66. The highest BCUT2D eigenvalue weighted by atomic mass is 32.2. The fourth-order valence-electron chi connectivity index (χ4n) is 1.27. The minimum absolute atomic E-state index is 0.313. The van der Waals surface area contributed by atoms with E-state index >= 15 is 0 Å². The van der Waals surface area contributed by atoms with E-state index in [1.165, 1.54) is 0 Å². The SMILES string of the molecule is O=C(O)CCC(=O)NS(=O)(=O)Cc1ccccc1. The molecule has 7 heteroatoms. The minimum atomic E-state index is -3.77. The maximum atomic E-state index is 11.6. The van der Waals surface area contributed by atoms with Crippen LogP contribution in [0, 0.1) is 0 Å². The number of aliphatic carboxylic acids is 1. The van der Waals surface area contributed by atoms with Gasteiger partial charge in [-0.25, -0.2) is 8.42 Å². The van der Waals surface area contributed by atoms with Gasteiger partial charge in [0.25, 0.3) is 0 Å². The number of carbonyl (C=O) groups is 2. The van der Waals surface area contributed by atoms with E-state index in [9.17, 15) is 18.0 Å². The first-order valence-electron chi connectivity index (χ1n) is 5.18. The van der Waals surface area contributed by atoms with E-state index < -0.39 is 28.3 Å². The molecule has 1 aromatic carbocycles. The molecule has 1 rings (SSSR count). The first kappa shape index (κ1) is 14.2. The van der Waals surface area contributed by atoms with Gasteiger partial charge in [-0.1, -0.05) is 30.3 Å². The fraction of sp³-hybridized carbons (Fsp3) is 0.273. The van der Waals surface area contributed by atoms with Crippen molar-refractivity contribution in [2.45, 2.75) is 18.6 Å². The van der Waals surface area contributed by atoms with Crippen LogP contribution in [0.1, 0.15) is 18.4 Å². The second-order valence-corrected chi connectivity index (χ2v) is 5.39. The number of carbonyl (C=O) groups excluding carboxylic acids is 1. The van der Waals surface area contributed by atoms with Crippen molar-refractivity contribution in [2.75, 3.05) is 0 Å². The lowest BCUT2D eigenvalue weighted by Gasteiger charge is -2.06. The summed E-state index contributed by atoms with van der Waals surface area (Å²) in [7, 11) is -3.77. The summed E-state index contributed by atoms with van der Waals surface area (Å²) < 4.78 is 25.0. The summed E-state index contributed by atoms with van der Waals surface area (Å²) in [5.74, 6) is -2.27. The zero-order valence-corrected chi connectivity index (χ0v) is 10.3. The largest absolute Gasteiger partial charge is 0.481 e. The van der Waals surface area contributed by atoms with Crippen LogP contribution in [-0.2, 0) is 25.4 Å². The van der Waals surface area contributed by atoms with E-state index in [1.54, 1.807) is 30.3 Å². The molecule has 0 unspecified atom stereocenters. The van der Waals surface area contributed by atoms with Crippen molar-refractivity contribution in [3.63, 3.8) is 0 Å². The number of amides is 1. The van der Waals surface area contributed by atoms with Gasteiger partial charge in [0.15, 0.2) is 0 Å². The lowest BCUT2D eigenvalue weighted by molar-refractivity contribution is -0.138. The molecule has 1 aromatic rings. The van der Waals surface area contributed by atoms with Gasteiger partial charge in [-0.15, -0.1) is 0 Å². The van der Waals surface area contributed by atoms with Crippen LogP contribution < -0.4 is 4.72 Å². The Bertz CT molecular complexity index is 524. The van der Waals surface area contributed by atoms with Crippen LogP contribution in [0.5, 0.6) is 0 Å². The summed E-state index contributed by atoms with van der Waals surface area (Å²) in [4.78, 5) is 21.4. The molecule has 0 radical (unpaired) electrons. The molecule has 2 N–H and O–H groups in total. The molecule has 1 amide bonds. The van der Waals surface area contributed by atoms with Crippen molar-refractivity contribution in [1.82, 2.24) is 4.72 Å². The highest BCUT2D eigenvalue weighted by molar-refractivity contribution is 7.89. The summed E-state index contributed by atoms with van der Waals surface area (Å²) >= 11 is 0. The van der Waals surface area contributed by atoms with Crippen LogP contribution in [0.2, 0.25) is 0 Å². The molecule has 0 aliphatic rings. The number of sulfonamides is 1. The molecule has 6 nitrogen and oxygen atoms in total. The van der Waals surface area contributed by atoms with Crippen LogP contribution >= 0.6 is 0 Å². The molecule has 0 spiro atoms. The van der Waals surface area contributed by atoms with Gasteiger partial charge in [0.1, 0.15) is 0 Å². The molecule has 0 bridgehead atoms. The first-order valence-corrected chi connectivity index (χ1v) is 6.83. The number of hydrogen-bond donors (Lipinski definition) is 2. The molecule has 0 aliphatic heterocycles. The lowest BCUT2D eigenvalue weighted by atomic mass is 10.2. The quantitative estimate of drug-likeness (QED) is 0.784. The van der Waals surface area contributed by atoms with Crippen LogP contribution in [0.3, 0.4) is 0 Å². The second kappa shape index (κ2) is 6.15. The summed E-state index contributed by atoms with van der Waals surface area (Å²) in [6.07, 6.45) is -0.754. The Balaban J connectivity index is 2.55. The molecule has 0 heterocycles. The topological polar surface area (TPSA) is 101 Å². The van der Waals surface area contributed by atoms with Crippen LogP contribution in [0.4, 0.5) is 0 Å². The Labute approximate surface area is 105 Å². The summed E-state index contributed by atoms with van der Waals surface area (Å²) in [6, 6.07) is 8.39. The average Bonchev–Trinajstić information content (AvgIpc) is 2.26. The average molecular weight is 271 g/mol. The lowest BCUT2D eigenvalue weighted by Crippen LogP contribution is -2.31. The van der Waals surface area contributed by atoms with Gasteiger partial charge in [0.2, 0.25) is 15.9 Å². The molecular weight excluding hydrogens is 258 g/mol. The molecule has 0 saturated carbocycles. The Morgan fingerprint density at radius 1 is 1.11 bits per heavy atom. The van der Waals surface area contributed by atoms with Gasteiger partial charge in [-0.3, -0.25) is 14.3 Å². The Kier molecular flexibility index (Phi) is 4.85. The highest BCUT2D eigenvalue weighted by Gasteiger charge is 2.15. The molecule has 18 heavy (non-hydrogen) atoms.